The lowest BCUT2D eigenvalue weighted by molar-refractivity contribution is 0.297. The van der Waals surface area contributed by atoms with Crippen LogP contribution in [-0.2, 0) is 6.42 Å². The molecule has 1 aromatic rings. The van der Waals surface area contributed by atoms with E-state index in [0.29, 0.717) is 16.5 Å². The van der Waals surface area contributed by atoms with Crippen molar-refractivity contribution in [1.82, 2.24) is 0 Å². The summed E-state index contributed by atoms with van der Waals surface area (Å²) in [5.74, 6) is -0.276. The molecule has 0 aliphatic rings. The van der Waals surface area contributed by atoms with Gasteiger partial charge in [0.15, 0.2) is 0 Å². The summed E-state index contributed by atoms with van der Waals surface area (Å²) in [5, 5.41) is 8.55. The van der Waals surface area contributed by atoms with Crippen molar-refractivity contribution >= 4 is 15.9 Å². The second-order valence-electron chi connectivity index (χ2n) is 2.19. The first-order valence-corrected chi connectivity index (χ1v) is 4.08. The molecule has 1 aromatic carbocycles. The monoisotopic (exact) mass is 218 g/mol. The van der Waals surface area contributed by atoms with Gasteiger partial charge in [-0.3, -0.25) is 0 Å². The van der Waals surface area contributed by atoms with Crippen LogP contribution in [0.4, 0.5) is 4.39 Å². The zero-order valence-corrected chi connectivity index (χ0v) is 7.44. The Kier molecular flexibility index (Phi) is 3.02. The van der Waals surface area contributed by atoms with Crippen molar-refractivity contribution in [1.29, 1.82) is 0 Å². The lowest BCUT2D eigenvalue weighted by atomic mass is 10.1. The van der Waals surface area contributed by atoms with E-state index in [0.717, 1.165) is 0 Å². The fourth-order valence-corrected chi connectivity index (χ4v) is 1.27. The molecule has 0 saturated carbocycles. The highest BCUT2D eigenvalue weighted by molar-refractivity contribution is 9.10. The van der Waals surface area contributed by atoms with E-state index in [1.807, 2.05) is 0 Å². The van der Waals surface area contributed by atoms with Crippen molar-refractivity contribution < 1.29 is 9.50 Å². The zero-order valence-electron chi connectivity index (χ0n) is 5.85. The van der Waals surface area contributed by atoms with E-state index in [1.54, 1.807) is 18.2 Å². The third-order valence-corrected chi connectivity index (χ3v) is 2.03. The minimum absolute atomic E-state index is 0.0205. The minimum Gasteiger partial charge on any atom is -0.396 e. The van der Waals surface area contributed by atoms with Crippen molar-refractivity contribution in [2.45, 2.75) is 6.42 Å². The molecule has 3 heteroatoms. The fourth-order valence-electron chi connectivity index (χ4n) is 0.862. The first-order valence-electron chi connectivity index (χ1n) is 3.29. The van der Waals surface area contributed by atoms with Crippen LogP contribution in [0.25, 0.3) is 0 Å². The normalized spacial score (nSPS) is 10.1. The molecular formula is C8H8BrFO. The average molecular weight is 219 g/mol. The Bertz CT molecular complexity index is 250. The maximum atomic E-state index is 13.0. The molecule has 0 bridgehead atoms. The standard InChI is InChI=1S/C8H8BrFO/c9-7-3-1-2-6(4-5-11)8(7)10/h1-3,11H,4-5H2. The molecule has 0 fully saturated rings. The minimum atomic E-state index is -0.276. The summed E-state index contributed by atoms with van der Waals surface area (Å²) in [7, 11) is 0. The predicted octanol–water partition coefficient (Wildman–Crippen LogP) is 2.12. The Balaban J connectivity index is 2.96. The zero-order chi connectivity index (χ0) is 8.27. The van der Waals surface area contributed by atoms with Gasteiger partial charge < -0.3 is 5.11 Å². The first-order chi connectivity index (χ1) is 5.25. The van der Waals surface area contributed by atoms with Crippen LogP contribution in [0.3, 0.4) is 0 Å². The van der Waals surface area contributed by atoms with Crippen molar-refractivity contribution in [2.75, 3.05) is 6.61 Å². The van der Waals surface area contributed by atoms with Crippen molar-refractivity contribution in [3.8, 4) is 0 Å². The summed E-state index contributed by atoms with van der Waals surface area (Å²) in [6.07, 6.45) is 0.366. The van der Waals surface area contributed by atoms with Crippen LogP contribution in [0.5, 0.6) is 0 Å². The van der Waals surface area contributed by atoms with Gasteiger partial charge in [0.2, 0.25) is 0 Å². The van der Waals surface area contributed by atoms with Gasteiger partial charge >= 0.3 is 0 Å². The van der Waals surface area contributed by atoms with E-state index in [4.69, 9.17) is 5.11 Å². The maximum Gasteiger partial charge on any atom is 0.140 e. The topological polar surface area (TPSA) is 20.2 Å². The third-order valence-electron chi connectivity index (χ3n) is 1.41. The van der Waals surface area contributed by atoms with E-state index in [9.17, 15) is 4.39 Å². The third kappa shape index (κ3) is 2.01. The number of rotatable bonds is 2. The van der Waals surface area contributed by atoms with Gasteiger partial charge in [0, 0.05) is 6.61 Å². The molecule has 1 N–H and O–H groups in total. The summed E-state index contributed by atoms with van der Waals surface area (Å²) in [6, 6.07) is 5.05. The van der Waals surface area contributed by atoms with Gasteiger partial charge in [-0.1, -0.05) is 12.1 Å². The first kappa shape index (κ1) is 8.68. The van der Waals surface area contributed by atoms with Gasteiger partial charge in [-0.25, -0.2) is 4.39 Å². The summed E-state index contributed by atoms with van der Waals surface area (Å²) >= 11 is 3.06. The maximum absolute atomic E-state index is 13.0. The van der Waals surface area contributed by atoms with Gasteiger partial charge in [0.05, 0.1) is 4.47 Å². The van der Waals surface area contributed by atoms with Gasteiger partial charge in [0.25, 0.3) is 0 Å². The Labute approximate surface area is 73.0 Å². The van der Waals surface area contributed by atoms with Crippen LogP contribution in [0, 0.1) is 5.82 Å². The van der Waals surface area contributed by atoms with Gasteiger partial charge in [0.1, 0.15) is 5.82 Å². The molecule has 1 rings (SSSR count). The van der Waals surface area contributed by atoms with Gasteiger partial charge in [-0.2, -0.15) is 0 Å². The lowest BCUT2D eigenvalue weighted by Crippen LogP contribution is -1.94. The number of aliphatic hydroxyl groups excluding tert-OH is 1. The number of benzene rings is 1. The molecule has 0 spiro atoms. The van der Waals surface area contributed by atoms with E-state index in [-0.39, 0.29) is 12.4 Å². The number of halogens is 2. The smallest absolute Gasteiger partial charge is 0.140 e. The van der Waals surface area contributed by atoms with Crippen LogP contribution in [0.1, 0.15) is 5.56 Å². The second kappa shape index (κ2) is 3.83. The van der Waals surface area contributed by atoms with Crippen LogP contribution < -0.4 is 0 Å². The molecule has 1 nitrogen and oxygen atoms in total. The molecule has 0 aliphatic carbocycles. The van der Waals surface area contributed by atoms with Crippen LogP contribution in [0.15, 0.2) is 22.7 Å². The fraction of sp³-hybridized carbons (Fsp3) is 0.250. The van der Waals surface area contributed by atoms with Crippen molar-refractivity contribution in [2.24, 2.45) is 0 Å². The van der Waals surface area contributed by atoms with E-state index < -0.39 is 0 Å². The number of hydrogen-bond donors (Lipinski definition) is 1. The van der Waals surface area contributed by atoms with Crippen LogP contribution >= 0.6 is 15.9 Å². The quantitative estimate of drug-likeness (QED) is 0.807. The number of aliphatic hydroxyl groups is 1. The molecule has 11 heavy (non-hydrogen) atoms. The summed E-state index contributed by atoms with van der Waals surface area (Å²) in [6.45, 7) is -0.0205. The Morgan fingerprint density at radius 2 is 2.18 bits per heavy atom. The predicted molar refractivity (Wildman–Crippen MR) is 44.9 cm³/mol. The van der Waals surface area contributed by atoms with E-state index in [2.05, 4.69) is 15.9 Å². The molecule has 0 unspecified atom stereocenters. The van der Waals surface area contributed by atoms with Gasteiger partial charge in [-0.05, 0) is 34.0 Å². The summed E-state index contributed by atoms with van der Waals surface area (Å²) < 4.78 is 13.5. The van der Waals surface area contributed by atoms with E-state index in [1.165, 1.54) is 0 Å². The lowest BCUT2D eigenvalue weighted by Gasteiger charge is -2.00. The highest BCUT2D eigenvalue weighted by atomic mass is 79.9. The van der Waals surface area contributed by atoms with Crippen LogP contribution in [-0.4, -0.2) is 11.7 Å². The molecule has 60 valence electrons. The van der Waals surface area contributed by atoms with Gasteiger partial charge in [-0.15, -0.1) is 0 Å². The SMILES string of the molecule is OCCc1cccc(Br)c1F. The Hall–Kier alpha value is -0.410. The molecular weight excluding hydrogens is 211 g/mol. The number of hydrogen-bond acceptors (Lipinski definition) is 1. The molecule has 0 radical (unpaired) electrons. The highest BCUT2D eigenvalue weighted by Crippen LogP contribution is 2.18. The molecule has 0 amide bonds. The largest absolute Gasteiger partial charge is 0.396 e. The summed E-state index contributed by atoms with van der Waals surface area (Å²) in [5.41, 5.74) is 0.543. The molecule has 0 saturated heterocycles. The Morgan fingerprint density at radius 1 is 1.45 bits per heavy atom. The van der Waals surface area contributed by atoms with Crippen molar-refractivity contribution in [3.05, 3.63) is 34.1 Å². The van der Waals surface area contributed by atoms with E-state index >= 15 is 0 Å². The molecule has 0 aliphatic heterocycles. The molecule has 0 aromatic heterocycles. The van der Waals surface area contributed by atoms with Crippen molar-refractivity contribution in [3.63, 3.8) is 0 Å². The molecule has 0 heterocycles. The van der Waals surface area contributed by atoms with Crippen LogP contribution in [0.2, 0.25) is 0 Å². The highest BCUT2D eigenvalue weighted by Gasteiger charge is 2.03. The summed E-state index contributed by atoms with van der Waals surface area (Å²) in [4.78, 5) is 0. The molecule has 0 atom stereocenters. The average Bonchev–Trinajstić information content (AvgIpc) is 1.99. The second-order valence-corrected chi connectivity index (χ2v) is 3.04. The Morgan fingerprint density at radius 3 is 2.82 bits per heavy atom.